The Morgan fingerprint density at radius 1 is 1.42 bits per heavy atom. The molecule has 0 saturated heterocycles. The molecule has 1 rings (SSSR count). The zero-order valence-electron chi connectivity index (χ0n) is 12.0. The lowest BCUT2D eigenvalue weighted by molar-refractivity contribution is 0.0951. The van der Waals surface area contributed by atoms with Gasteiger partial charge in [0.1, 0.15) is 5.75 Å². The van der Waals surface area contributed by atoms with Crippen LogP contribution in [0.1, 0.15) is 43.1 Å². The van der Waals surface area contributed by atoms with Crippen molar-refractivity contribution < 1.29 is 9.90 Å². The number of benzene rings is 1. The standard InChI is InChI=1S/C15H22ClNO2/c1-10-7-12(18)5-6-13(10)14(19)17-9-11(16)8-15(2,3)4/h5-7,11,18H,8-9H2,1-4H3,(H,17,19). The van der Waals surface area contributed by atoms with Crippen molar-refractivity contribution in [3.8, 4) is 5.75 Å². The lowest BCUT2D eigenvalue weighted by Gasteiger charge is -2.22. The Kier molecular flexibility index (Phi) is 5.24. The molecular weight excluding hydrogens is 262 g/mol. The first kappa shape index (κ1) is 15.8. The average molecular weight is 284 g/mol. The van der Waals surface area contributed by atoms with Gasteiger partial charge in [0.25, 0.3) is 5.91 Å². The van der Waals surface area contributed by atoms with E-state index >= 15 is 0 Å². The van der Waals surface area contributed by atoms with Crippen molar-refractivity contribution in [3.05, 3.63) is 29.3 Å². The number of aromatic hydroxyl groups is 1. The monoisotopic (exact) mass is 283 g/mol. The van der Waals surface area contributed by atoms with Crippen LogP contribution in [-0.2, 0) is 0 Å². The van der Waals surface area contributed by atoms with Crippen LogP contribution in [0.2, 0.25) is 0 Å². The third kappa shape index (κ3) is 5.52. The molecule has 0 aromatic heterocycles. The van der Waals surface area contributed by atoms with E-state index in [0.29, 0.717) is 12.1 Å². The van der Waals surface area contributed by atoms with Crippen LogP contribution in [-0.4, -0.2) is 22.9 Å². The second-order valence-electron chi connectivity index (χ2n) is 6.07. The summed E-state index contributed by atoms with van der Waals surface area (Å²) >= 11 is 6.21. The molecule has 0 aliphatic rings. The molecule has 1 atom stereocenters. The van der Waals surface area contributed by atoms with E-state index < -0.39 is 0 Å². The fourth-order valence-electron chi connectivity index (χ4n) is 1.94. The van der Waals surface area contributed by atoms with Gasteiger partial charge < -0.3 is 10.4 Å². The lowest BCUT2D eigenvalue weighted by Crippen LogP contribution is -2.32. The molecule has 1 amide bonds. The van der Waals surface area contributed by atoms with Crippen LogP contribution in [0.5, 0.6) is 5.75 Å². The first-order valence-corrected chi connectivity index (χ1v) is 6.84. The number of amides is 1. The molecule has 106 valence electrons. The molecule has 0 fully saturated rings. The molecule has 1 aromatic rings. The molecule has 3 nitrogen and oxygen atoms in total. The summed E-state index contributed by atoms with van der Waals surface area (Å²) in [6, 6.07) is 4.70. The van der Waals surface area contributed by atoms with E-state index in [4.69, 9.17) is 11.6 Å². The Bertz CT molecular complexity index is 452. The number of alkyl halides is 1. The fraction of sp³-hybridized carbons (Fsp3) is 0.533. The molecule has 0 spiro atoms. The summed E-state index contributed by atoms with van der Waals surface area (Å²) in [6.45, 7) is 8.59. The minimum absolute atomic E-state index is 0.0821. The van der Waals surface area contributed by atoms with Crippen molar-refractivity contribution in [3.63, 3.8) is 0 Å². The van der Waals surface area contributed by atoms with Crippen molar-refractivity contribution >= 4 is 17.5 Å². The van der Waals surface area contributed by atoms with Crippen molar-refractivity contribution in [1.29, 1.82) is 0 Å². The number of halogens is 1. The number of rotatable bonds is 4. The maximum absolute atomic E-state index is 12.0. The highest BCUT2D eigenvalue weighted by Gasteiger charge is 2.18. The maximum Gasteiger partial charge on any atom is 0.251 e. The van der Waals surface area contributed by atoms with Crippen LogP contribution in [0.3, 0.4) is 0 Å². The van der Waals surface area contributed by atoms with Crippen LogP contribution in [0.4, 0.5) is 0 Å². The second-order valence-corrected chi connectivity index (χ2v) is 6.69. The van der Waals surface area contributed by atoms with Gasteiger partial charge in [-0.2, -0.15) is 0 Å². The first-order valence-electron chi connectivity index (χ1n) is 6.41. The van der Waals surface area contributed by atoms with Crippen LogP contribution in [0.25, 0.3) is 0 Å². The SMILES string of the molecule is Cc1cc(O)ccc1C(=O)NCC(Cl)CC(C)(C)C. The molecule has 1 unspecified atom stereocenters. The van der Waals surface area contributed by atoms with Gasteiger partial charge in [0.2, 0.25) is 0 Å². The second kappa shape index (κ2) is 6.29. The Morgan fingerprint density at radius 2 is 2.05 bits per heavy atom. The smallest absolute Gasteiger partial charge is 0.251 e. The molecule has 1 aromatic carbocycles. The number of phenolic OH excluding ortho intramolecular Hbond substituents is 1. The lowest BCUT2D eigenvalue weighted by atomic mass is 9.90. The molecule has 0 aliphatic carbocycles. The van der Waals surface area contributed by atoms with Gasteiger partial charge in [-0.1, -0.05) is 20.8 Å². The Morgan fingerprint density at radius 3 is 2.58 bits per heavy atom. The average Bonchev–Trinajstić information content (AvgIpc) is 2.23. The molecule has 4 heteroatoms. The van der Waals surface area contributed by atoms with Gasteiger partial charge in [-0.15, -0.1) is 11.6 Å². The Balaban J connectivity index is 2.56. The van der Waals surface area contributed by atoms with Gasteiger partial charge in [0.05, 0.1) is 5.38 Å². The zero-order valence-corrected chi connectivity index (χ0v) is 12.7. The minimum atomic E-state index is -0.156. The summed E-state index contributed by atoms with van der Waals surface area (Å²) in [5, 5.41) is 12.1. The van der Waals surface area contributed by atoms with E-state index in [0.717, 1.165) is 12.0 Å². The molecule has 19 heavy (non-hydrogen) atoms. The number of phenols is 1. The van der Waals surface area contributed by atoms with Crippen LogP contribution < -0.4 is 5.32 Å². The van der Waals surface area contributed by atoms with Gasteiger partial charge in [-0.25, -0.2) is 0 Å². The van der Waals surface area contributed by atoms with Crippen molar-refractivity contribution in [2.24, 2.45) is 5.41 Å². The van der Waals surface area contributed by atoms with Gasteiger partial charge >= 0.3 is 0 Å². The van der Waals surface area contributed by atoms with Crippen molar-refractivity contribution in [2.75, 3.05) is 6.54 Å². The number of hydrogen-bond acceptors (Lipinski definition) is 2. The molecule has 0 saturated carbocycles. The number of hydrogen-bond donors (Lipinski definition) is 2. The van der Waals surface area contributed by atoms with Gasteiger partial charge in [-0.3, -0.25) is 4.79 Å². The normalized spacial score (nSPS) is 13.1. The first-order chi connectivity index (χ1) is 8.69. The largest absolute Gasteiger partial charge is 0.508 e. The van der Waals surface area contributed by atoms with E-state index in [1.807, 2.05) is 0 Å². The third-order valence-corrected chi connectivity index (χ3v) is 3.08. The van der Waals surface area contributed by atoms with Gasteiger partial charge in [0.15, 0.2) is 0 Å². The summed E-state index contributed by atoms with van der Waals surface area (Å²) in [5.41, 5.74) is 1.46. The van der Waals surface area contributed by atoms with Crippen molar-refractivity contribution in [2.45, 2.75) is 39.5 Å². The maximum atomic E-state index is 12.0. The van der Waals surface area contributed by atoms with Gasteiger partial charge in [-0.05, 0) is 42.5 Å². The van der Waals surface area contributed by atoms with E-state index in [1.54, 1.807) is 19.1 Å². The molecule has 0 bridgehead atoms. The van der Waals surface area contributed by atoms with Crippen LogP contribution in [0.15, 0.2) is 18.2 Å². The summed E-state index contributed by atoms with van der Waals surface area (Å²) in [4.78, 5) is 12.0. The van der Waals surface area contributed by atoms with Crippen LogP contribution >= 0.6 is 11.6 Å². The third-order valence-electron chi connectivity index (χ3n) is 2.77. The van der Waals surface area contributed by atoms with E-state index in [-0.39, 0.29) is 22.4 Å². The summed E-state index contributed by atoms with van der Waals surface area (Å²) < 4.78 is 0. The Hall–Kier alpha value is -1.22. The number of nitrogens with one attached hydrogen (secondary N) is 1. The van der Waals surface area contributed by atoms with E-state index in [2.05, 4.69) is 26.1 Å². The summed E-state index contributed by atoms with van der Waals surface area (Å²) in [6.07, 6.45) is 0.837. The molecular formula is C15H22ClNO2. The fourth-order valence-corrected chi connectivity index (χ4v) is 2.48. The molecule has 0 radical (unpaired) electrons. The van der Waals surface area contributed by atoms with E-state index in [9.17, 15) is 9.90 Å². The van der Waals surface area contributed by atoms with Crippen molar-refractivity contribution in [1.82, 2.24) is 5.32 Å². The minimum Gasteiger partial charge on any atom is -0.508 e. The quantitative estimate of drug-likeness (QED) is 0.831. The van der Waals surface area contributed by atoms with Crippen LogP contribution in [0, 0.1) is 12.3 Å². The van der Waals surface area contributed by atoms with E-state index in [1.165, 1.54) is 6.07 Å². The highest BCUT2D eigenvalue weighted by Crippen LogP contribution is 2.23. The van der Waals surface area contributed by atoms with Gasteiger partial charge in [0, 0.05) is 12.1 Å². The molecule has 0 heterocycles. The molecule has 0 aliphatic heterocycles. The number of carbonyl (C=O) groups is 1. The number of aryl methyl sites for hydroxylation is 1. The Labute approximate surface area is 120 Å². The summed E-state index contributed by atoms with van der Waals surface area (Å²) in [7, 11) is 0. The summed E-state index contributed by atoms with van der Waals surface area (Å²) in [5.74, 6) is 0.00839. The molecule has 2 N–H and O–H groups in total. The topological polar surface area (TPSA) is 49.3 Å². The number of carbonyl (C=O) groups excluding carboxylic acids is 1. The predicted octanol–water partition coefficient (Wildman–Crippen LogP) is 3.47. The zero-order chi connectivity index (χ0) is 14.6. The highest BCUT2D eigenvalue weighted by molar-refractivity contribution is 6.21. The predicted molar refractivity (Wildman–Crippen MR) is 78.9 cm³/mol. The highest BCUT2D eigenvalue weighted by atomic mass is 35.5.